The first-order valence-corrected chi connectivity index (χ1v) is 14.2. The Bertz CT molecular complexity index is 1720. The largest absolute Gasteiger partial charge is 0.497 e. The topological polar surface area (TPSA) is 189 Å². The lowest BCUT2D eigenvalue weighted by molar-refractivity contribution is -0.288. The molecule has 1 fully saturated rings. The van der Waals surface area contributed by atoms with E-state index in [-0.39, 0.29) is 28.0 Å². The number of carbonyl (C=O) groups excluding carboxylic acids is 5. The molecule has 0 amide bonds. The number of methoxy groups -OCH3 is 1. The van der Waals surface area contributed by atoms with E-state index in [4.69, 9.17) is 42.3 Å². The van der Waals surface area contributed by atoms with Gasteiger partial charge in [-0.05, 0) is 17.7 Å². The Hall–Kier alpha value is -5.44. The Labute approximate surface area is 267 Å². The number of benzene rings is 2. The number of ether oxygens (including phenoxy) is 8. The van der Waals surface area contributed by atoms with Crippen LogP contribution in [-0.4, -0.2) is 74.3 Å². The fourth-order valence-electron chi connectivity index (χ4n) is 4.88. The minimum Gasteiger partial charge on any atom is -0.497 e. The normalized spacial score (nSPS) is 20.4. The van der Waals surface area contributed by atoms with Gasteiger partial charge in [0.25, 0.3) is 0 Å². The van der Waals surface area contributed by atoms with E-state index < -0.39 is 72.6 Å². The first-order chi connectivity index (χ1) is 22.3. The molecule has 5 atom stereocenters. The maximum atomic E-state index is 13.7. The molecule has 0 N–H and O–H groups in total. The summed E-state index contributed by atoms with van der Waals surface area (Å²) in [6, 6.07) is 9.16. The minimum atomic E-state index is -1.59. The Morgan fingerprint density at radius 2 is 1.36 bits per heavy atom. The molecule has 1 aliphatic rings. The number of fused-ring (bicyclic) bond motifs is 1. The predicted molar refractivity (Wildman–Crippen MR) is 158 cm³/mol. The molecule has 4 rings (SSSR count). The second-order valence-corrected chi connectivity index (χ2v) is 10.3. The average molecular weight is 657 g/mol. The molecule has 3 aromatic rings. The monoisotopic (exact) mass is 656 g/mol. The van der Waals surface area contributed by atoms with Crippen LogP contribution in [0.15, 0.2) is 51.9 Å². The smallest absolute Gasteiger partial charge is 0.308 e. The molecule has 2 heterocycles. The number of esters is 5. The van der Waals surface area contributed by atoms with Crippen molar-refractivity contribution in [3.8, 4) is 28.4 Å². The fraction of sp³-hybridized carbons (Fsp3) is 0.375. The van der Waals surface area contributed by atoms with Crippen LogP contribution in [0.4, 0.5) is 0 Å². The Morgan fingerprint density at radius 1 is 0.745 bits per heavy atom. The summed E-state index contributed by atoms with van der Waals surface area (Å²) in [4.78, 5) is 73.7. The molecular formula is C32H32O15. The molecule has 0 saturated carbocycles. The van der Waals surface area contributed by atoms with Crippen LogP contribution in [0.2, 0.25) is 0 Å². The molecule has 1 aromatic heterocycles. The van der Waals surface area contributed by atoms with Crippen LogP contribution in [0.1, 0.15) is 34.6 Å². The highest BCUT2D eigenvalue weighted by atomic mass is 16.7. The maximum absolute atomic E-state index is 13.7. The average Bonchev–Trinajstić information content (AvgIpc) is 2.98. The molecular weight excluding hydrogens is 624 g/mol. The van der Waals surface area contributed by atoms with E-state index in [0.717, 1.165) is 34.6 Å². The van der Waals surface area contributed by atoms with Crippen molar-refractivity contribution in [1.82, 2.24) is 0 Å². The van der Waals surface area contributed by atoms with Gasteiger partial charge in [-0.2, -0.15) is 0 Å². The van der Waals surface area contributed by atoms with Crippen molar-refractivity contribution >= 4 is 40.8 Å². The van der Waals surface area contributed by atoms with Crippen molar-refractivity contribution in [1.29, 1.82) is 0 Å². The van der Waals surface area contributed by atoms with Crippen molar-refractivity contribution in [3.05, 3.63) is 52.9 Å². The summed E-state index contributed by atoms with van der Waals surface area (Å²) in [7, 11) is 1.51. The summed E-state index contributed by atoms with van der Waals surface area (Å²) in [6.45, 7) is 5.06. The third-order valence-electron chi connectivity index (χ3n) is 6.67. The van der Waals surface area contributed by atoms with Crippen LogP contribution in [0.5, 0.6) is 17.2 Å². The lowest BCUT2D eigenvalue weighted by Crippen LogP contribution is -2.63. The fourth-order valence-corrected chi connectivity index (χ4v) is 4.88. The van der Waals surface area contributed by atoms with Gasteiger partial charge in [-0.1, -0.05) is 12.1 Å². The quantitative estimate of drug-likeness (QED) is 0.176. The van der Waals surface area contributed by atoms with Crippen LogP contribution >= 0.6 is 0 Å². The van der Waals surface area contributed by atoms with Gasteiger partial charge in [0.2, 0.25) is 17.8 Å². The predicted octanol–water partition coefficient (Wildman–Crippen LogP) is 2.86. The summed E-state index contributed by atoms with van der Waals surface area (Å²) >= 11 is 0. The van der Waals surface area contributed by atoms with Gasteiger partial charge in [-0.25, -0.2) is 0 Å². The van der Waals surface area contributed by atoms with E-state index in [1.807, 2.05) is 0 Å². The molecule has 47 heavy (non-hydrogen) atoms. The Morgan fingerprint density at radius 3 is 1.94 bits per heavy atom. The number of hydrogen-bond donors (Lipinski definition) is 0. The first kappa shape index (κ1) is 34.4. The van der Waals surface area contributed by atoms with E-state index in [1.54, 1.807) is 24.3 Å². The molecule has 0 radical (unpaired) electrons. The Balaban J connectivity index is 1.81. The van der Waals surface area contributed by atoms with Crippen LogP contribution in [-0.2, 0) is 47.7 Å². The van der Waals surface area contributed by atoms with Gasteiger partial charge in [0.05, 0.1) is 12.7 Å². The third kappa shape index (κ3) is 8.43. The molecule has 15 heteroatoms. The van der Waals surface area contributed by atoms with Crippen molar-refractivity contribution in [3.63, 3.8) is 0 Å². The van der Waals surface area contributed by atoms with Crippen molar-refractivity contribution < 1.29 is 66.3 Å². The van der Waals surface area contributed by atoms with E-state index in [9.17, 15) is 28.8 Å². The van der Waals surface area contributed by atoms with Crippen LogP contribution in [0, 0.1) is 0 Å². The summed E-state index contributed by atoms with van der Waals surface area (Å²) in [5.74, 6) is -3.66. The highest BCUT2D eigenvalue weighted by molar-refractivity contribution is 5.90. The van der Waals surface area contributed by atoms with E-state index in [2.05, 4.69) is 0 Å². The molecule has 250 valence electrons. The van der Waals surface area contributed by atoms with E-state index in [0.29, 0.717) is 11.3 Å². The lowest BCUT2D eigenvalue weighted by atomic mass is 9.98. The zero-order valence-corrected chi connectivity index (χ0v) is 26.3. The second kappa shape index (κ2) is 14.8. The van der Waals surface area contributed by atoms with Crippen LogP contribution in [0.25, 0.3) is 22.1 Å². The highest BCUT2D eigenvalue weighted by Crippen LogP contribution is 2.35. The first-order valence-electron chi connectivity index (χ1n) is 14.2. The molecule has 15 nitrogen and oxygen atoms in total. The maximum Gasteiger partial charge on any atom is 0.308 e. The van der Waals surface area contributed by atoms with Gasteiger partial charge in [0.15, 0.2) is 12.2 Å². The van der Waals surface area contributed by atoms with Gasteiger partial charge in [0.1, 0.15) is 47.2 Å². The van der Waals surface area contributed by atoms with Gasteiger partial charge in [-0.15, -0.1) is 0 Å². The summed E-state index contributed by atoms with van der Waals surface area (Å²) in [5, 5.41) is -0.0811. The highest BCUT2D eigenvalue weighted by Gasteiger charge is 2.53. The molecule has 2 aromatic carbocycles. The van der Waals surface area contributed by atoms with E-state index >= 15 is 0 Å². The summed E-state index contributed by atoms with van der Waals surface area (Å²) in [6.07, 6.45) is -6.07. The van der Waals surface area contributed by atoms with Crippen molar-refractivity contribution in [2.24, 2.45) is 0 Å². The van der Waals surface area contributed by atoms with E-state index in [1.165, 1.54) is 25.5 Å². The second-order valence-electron chi connectivity index (χ2n) is 10.3. The van der Waals surface area contributed by atoms with Gasteiger partial charge in [0, 0.05) is 46.8 Å². The number of carbonyl (C=O) groups is 5. The summed E-state index contributed by atoms with van der Waals surface area (Å²) in [5.41, 5.74) is 0.105. The van der Waals surface area contributed by atoms with Gasteiger partial charge >= 0.3 is 29.8 Å². The SMILES string of the molecule is COc1ccc(-c2coc3cc(O[C@@H]4O[C@@H](COC(C)=O)[C@@H](OC(C)=O)[C@H](OC(C)=O)[C@H]4OC(C)=O)cc(OC(C)=O)c3c2=O)cc1. The molecule has 0 unspecified atom stereocenters. The standard InChI is InChI=1S/C32H32O15/c1-15(33)40-14-26-29(43-17(3)35)30(44-18(4)36)31(45-19(5)37)32(47-26)46-22-11-24-27(25(12-22)42-16(2)34)28(38)23(13-41-24)20-7-9-21(39-6)10-8-20/h7-13,26,29-32H,14H2,1-6H3/t26-,29+,30-,31+,32+/m0/s1. The zero-order valence-electron chi connectivity index (χ0n) is 26.3. The van der Waals surface area contributed by atoms with Gasteiger partial charge in [-0.3, -0.25) is 28.8 Å². The molecule has 0 bridgehead atoms. The molecule has 1 aliphatic heterocycles. The lowest BCUT2D eigenvalue weighted by Gasteiger charge is -2.43. The van der Waals surface area contributed by atoms with Crippen LogP contribution in [0.3, 0.4) is 0 Å². The van der Waals surface area contributed by atoms with Crippen molar-refractivity contribution in [2.45, 2.75) is 65.3 Å². The van der Waals surface area contributed by atoms with Crippen molar-refractivity contribution in [2.75, 3.05) is 13.7 Å². The number of rotatable bonds is 10. The molecule has 0 aliphatic carbocycles. The van der Waals surface area contributed by atoms with Crippen LogP contribution < -0.4 is 19.6 Å². The number of hydrogen-bond acceptors (Lipinski definition) is 15. The molecule has 1 saturated heterocycles. The third-order valence-corrected chi connectivity index (χ3v) is 6.67. The zero-order chi connectivity index (χ0) is 34.4. The molecule has 0 spiro atoms. The minimum absolute atomic E-state index is 0.0494. The van der Waals surface area contributed by atoms with Gasteiger partial charge < -0.3 is 42.3 Å². The Kier molecular flexibility index (Phi) is 10.8. The summed E-state index contributed by atoms with van der Waals surface area (Å²) < 4.78 is 49.6.